The SMILES string of the molecule is C/C(=C1\CCOC1=O)n1c(=O)[nH]c2cc(C)ccc21. The smallest absolute Gasteiger partial charge is 0.335 e. The predicted octanol–water partition coefficient (Wildman–Crippen LogP) is 1.82. The molecule has 1 aromatic heterocycles. The normalized spacial score (nSPS) is 17.9. The van der Waals surface area contributed by atoms with E-state index in [1.165, 1.54) is 4.57 Å². The summed E-state index contributed by atoms with van der Waals surface area (Å²) in [6.07, 6.45) is 0.551. The molecule has 0 unspecified atom stereocenters. The summed E-state index contributed by atoms with van der Waals surface area (Å²) < 4.78 is 6.47. The van der Waals surface area contributed by atoms with Gasteiger partial charge >= 0.3 is 11.7 Å². The quantitative estimate of drug-likeness (QED) is 0.626. The van der Waals surface area contributed by atoms with Crippen LogP contribution in [0.5, 0.6) is 0 Å². The molecule has 2 heterocycles. The second-order valence-electron chi connectivity index (χ2n) is 4.74. The Balaban J connectivity index is 2.28. The fraction of sp³-hybridized carbons (Fsp3) is 0.286. The van der Waals surface area contributed by atoms with Gasteiger partial charge < -0.3 is 9.72 Å². The number of esters is 1. The van der Waals surface area contributed by atoms with Crippen LogP contribution in [0.4, 0.5) is 0 Å². The van der Waals surface area contributed by atoms with Crippen LogP contribution < -0.4 is 5.69 Å². The molecule has 5 nitrogen and oxygen atoms in total. The van der Waals surface area contributed by atoms with E-state index in [0.717, 1.165) is 16.6 Å². The van der Waals surface area contributed by atoms with Crippen LogP contribution in [-0.4, -0.2) is 22.1 Å². The molecular formula is C14H14N2O3. The van der Waals surface area contributed by atoms with E-state index >= 15 is 0 Å². The van der Waals surface area contributed by atoms with Crippen LogP contribution in [0, 0.1) is 6.92 Å². The highest BCUT2D eigenvalue weighted by Crippen LogP contribution is 2.23. The van der Waals surface area contributed by atoms with Crippen molar-refractivity contribution in [2.75, 3.05) is 6.61 Å². The number of carbonyl (C=O) groups is 1. The summed E-state index contributed by atoms with van der Waals surface area (Å²) in [5, 5.41) is 0. The Morgan fingerprint density at radius 2 is 2.16 bits per heavy atom. The second-order valence-corrected chi connectivity index (χ2v) is 4.74. The van der Waals surface area contributed by atoms with Gasteiger partial charge in [-0.25, -0.2) is 9.59 Å². The predicted molar refractivity (Wildman–Crippen MR) is 71.8 cm³/mol. The molecule has 0 bridgehead atoms. The standard InChI is InChI=1S/C14H14N2O3/c1-8-3-4-12-11(7-8)15-14(18)16(12)9(2)10-5-6-19-13(10)17/h3-4,7H,5-6H2,1-2H3,(H,15,18)/b10-9-. The molecule has 1 fully saturated rings. The zero-order valence-corrected chi connectivity index (χ0v) is 10.8. The topological polar surface area (TPSA) is 64.1 Å². The number of H-pyrrole nitrogens is 1. The Morgan fingerprint density at radius 3 is 2.84 bits per heavy atom. The van der Waals surface area contributed by atoms with Gasteiger partial charge in [0.1, 0.15) is 0 Å². The van der Waals surface area contributed by atoms with Gasteiger partial charge in [-0.05, 0) is 31.5 Å². The highest BCUT2D eigenvalue weighted by Gasteiger charge is 2.23. The molecule has 0 aliphatic carbocycles. The van der Waals surface area contributed by atoms with E-state index in [4.69, 9.17) is 4.74 Å². The maximum atomic E-state index is 12.1. The zero-order valence-electron chi connectivity index (χ0n) is 10.8. The molecule has 0 radical (unpaired) electrons. The van der Waals surface area contributed by atoms with E-state index in [1.807, 2.05) is 25.1 Å². The van der Waals surface area contributed by atoms with Gasteiger partial charge in [-0.15, -0.1) is 0 Å². The molecule has 5 heteroatoms. The molecule has 98 valence electrons. The molecule has 3 rings (SSSR count). The molecule has 0 amide bonds. The van der Waals surface area contributed by atoms with Crippen molar-refractivity contribution < 1.29 is 9.53 Å². The average molecular weight is 258 g/mol. The number of allylic oxidation sites excluding steroid dienone is 1. The number of nitrogens with one attached hydrogen (secondary N) is 1. The number of ether oxygens (including phenoxy) is 1. The third kappa shape index (κ3) is 1.78. The number of imidazole rings is 1. The monoisotopic (exact) mass is 258 g/mol. The largest absolute Gasteiger partial charge is 0.462 e. The number of carbonyl (C=O) groups excluding carboxylic acids is 1. The van der Waals surface area contributed by atoms with E-state index < -0.39 is 0 Å². The van der Waals surface area contributed by atoms with Gasteiger partial charge in [0.15, 0.2) is 0 Å². The number of aromatic nitrogens is 2. The molecule has 1 saturated heterocycles. The lowest BCUT2D eigenvalue weighted by molar-refractivity contribution is -0.135. The van der Waals surface area contributed by atoms with Crippen LogP contribution in [0.25, 0.3) is 16.7 Å². The molecule has 0 spiro atoms. The highest BCUT2D eigenvalue weighted by molar-refractivity contribution is 5.97. The first kappa shape index (κ1) is 11.8. The lowest BCUT2D eigenvalue weighted by Gasteiger charge is -2.05. The number of cyclic esters (lactones) is 1. The van der Waals surface area contributed by atoms with Gasteiger partial charge in [0.25, 0.3) is 0 Å². The maximum absolute atomic E-state index is 12.1. The van der Waals surface area contributed by atoms with Crippen LogP contribution >= 0.6 is 0 Å². The van der Waals surface area contributed by atoms with E-state index in [2.05, 4.69) is 4.98 Å². The van der Waals surface area contributed by atoms with Crippen LogP contribution in [0.2, 0.25) is 0 Å². The molecule has 1 N–H and O–H groups in total. The van der Waals surface area contributed by atoms with Gasteiger partial charge in [-0.1, -0.05) is 6.07 Å². The number of fused-ring (bicyclic) bond motifs is 1. The van der Waals surface area contributed by atoms with Crippen molar-refractivity contribution in [3.63, 3.8) is 0 Å². The molecule has 1 aromatic carbocycles. The number of rotatable bonds is 1. The van der Waals surface area contributed by atoms with Crippen molar-refractivity contribution in [3.8, 4) is 0 Å². The van der Waals surface area contributed by atoms with Gasteiger partial charge in [-0.2, -0.15) is 0 Å². The lowest BCUT2D eigenvalue weighted by atomic mass is 10.1. The molecule has 0 atom stereocenters. The summed E-state index contributed by atoms with van der Waals surface area (Å²) >= 11 is 0. The minimum atomic E-state index is -0.328. The Hall–Kier alpha value is -2.30. The van der Waals surface area contributed by atoms with Crippen LogP contribution in [0.15, 0.2) is 28.6 Å². The van der Waals surface area contributed by atoms with Gasteiger partial charge in [-0.3, -0.25) is 4.57 Å². The second kappa shape index (κ2) is 4.12. The Bertz CT molecular complexity index is 765. The average Bonchev–Trinajstić information content (AvgIpc) is 2.90. The van der Waals surface area contributed by atoms with Crippen molar-refractivity contribution in [1.82, 2.24) is 9.55 Å². The molecule has 1 aliphatic rings. The van der Waals surface area contributed by atoms with E-state index in [9.17, 15) is 9.59 Å². The summed E-state index contributed by atoms with van der Waals surface area (Å²) in [6, 6.07) is 5.74. The molecule has 0 saturated carbocycles. The summed E-state index contributed by atoms with van der Waals surface area (Å²) in [5.41, 5.74) is 3.61. The van der Waals surface area contributed by atoms with E-state index in [1.54, 1.807) is 6.92 Å². The Kier molecular flexibility index (Phi) is 2.55. The lowest BCUT2D eigenvalue weighted by Crippen LogP contribution is -2.16. The zero-order chi connectivity index (χ0) is 13.6. The molecule has 19 heavy (non-hydrogen) atoms. The van der Waals surface area contributed by atoms with Crippen molar-refractivity contribution in [2.45, 2.75) is 20.3 Å². The molecular weight excluding hydrogens is 244 g/mol. The number of aromatic amines is 1. The van der Waals surface area contributed by atoms with Gasteiger partial charge in [0, 0.05) is 12.1 Å². The fourth-order valence-corrected chi connectivity index (χ4v) is 2.46. The van der Waals surface area contributed by atoms with E-state index in [0.29, 0.717) is 24.3 Å². The molecule has 2 aromatic rings. The van der Waals surface area contributed by atoms with Crippen molar-refractivity contribution in [1.29, 1.82) is 0 Å². The summed E-state index contributed by atoms with van der Waals surface area (Å²) in [5.74, 6) is -0.328. The van der Waals surface area contributed by atoms with Crippen molar-refractivity contribution in [2.24, 2.45) is 0 Å². The maximum Gasteiger partial charge on any atom is 0.335 e. The Morgan fingerprint density at radius 1 is 1.37 bits per heavy atom. The first-order valence-corrected chi connectivity index (χ1v) is 6.16. The third-order valence-electron chi connectivity index (χ3n) is 3.44. The van der Waals surface area contributed by atoms with Gasteiger partial charge in [0.05, 0.1) is 23.2 Å². The number of hydrogen-bond donors (Lipinski definition) is 1. The third-order valence-corrected chi connectivity index (χ3v) is 3.44. The van der Waals surface area contributed by atoms with E-state index in [-0.39, 0.29) is 11.7 Å². The first-order chi connectivity index (χ1) is 9.08. The van der Waals surface area contributed by atoms with Crippen LogP contribution in [0.3, 0.4) is 0 Å². The van der Waals surface area contributed by atoms with Crippen LogP contribution in [-0.2, 0) is 9.53 Å². The minimum absolute atomic E-state index is 0.231. The summed E-state index contributed by atoms with van der Waals surface area (Å²) in [4.78, 5) is 26.5. The number of nitrogens with zero attached hydrogens (tertiary/aromatic N) is 1. The fourth-order valence-electron chi connectivity index (χ4n) is 2.46. The first-order valence-electron chi connectivity index (χ1n) is 6.16. The van der Waals surface area contributed by atoms with Crippen molar-refractivity contribution in [3.05, 3.63) is 39.8 Å². The minimum Gasteiger partial charge on any atom is -0.462 e. The van der Waals surface area contributed by atoms with Crippen molar-refractivity contribution >= 4 is 22.7 Å². The molecule has 1 aliphatic heterocycles. The summed E-state index contributed by atoms with van der Waals surface area (Å²) in [7, 11) is 0. The number of aryl methyl sites for hydroxylation is 1. The Labute approximate surface area is 109 Å². The van der Waals surface area contributed by atoms with Crippen LogP contribution in [0.1, 0.15) is 18.9 Å². The highest BCUT2D eigenvalue weighted by atomic mass is 16.5. The van der Waals surface area contributed by atoms with Gasteiger partial charge in [0.2, 0.25) is 0 Å². The number of hydrogen-bond acceptors (Lipinski definition) is 3. The number of benzene rings is 1. The summed E-state index contributed by atoms with van der Waals surface area (Å²) in [6.45, 7) is 4.13.